The smallest absolute Gasteiger partial charge is 0.157 e. The molecule has 0 fully saturated rings. The third-order valence-electron chi connectivity index (χ3n) is 2.49. The first kappa shape index (κ1) is 11.7. The van der Waals surface area contributed by atoms with Gasteiger partial charge in [0.25, 0.3) is 0 Å². The fourth-order valence-electron chi connectivity index (χ4n) is 1.52. The highest BCUT2D eigenvalue weighted by Crippen LogP contribution is 2.25. The molecule has 88 valence electrons. The summed E-state index contributed by atoms with van der Waals surface area (Å²) in [6.45, 7) is 2.03. The van der Waals surface area contributed by atoms with E-state index < -0.39 is 0 Å². The largest absolute Gasteiger partial charge is 0.393 e. The Morgan fingerprint density at radius 2 is 1.94 bits per heavy atom. The SMILES string of the molecule is C[C@H](Nc1ncnc(Cl)c1N)c1ccccc1. The minimum Gasteiger partial charge on any atom is -0.393 e. The summed E-state index contributed by atoms with van der Waals surface area (Å²) in [6.07, 6.45) is 1.39. The number of hydrogen-bond acceptors (Lipinski definition) is 4. The lowest BCUT2D eigenvalue weighted by atomic mass is 10.1. The number of aromatic nitrogens is 2. The Labute approximate surface area is 105 Å². The molecule has 0 saturated carbocycles. The van der Waals surface area contributed by atoms with Crippen molar-refractivity contribution in [3.05, 3.63) is 47.4 Å². The van der Waals surface area contributed by atoms with Crippen LogP contribution < -0.4 is 11.1 Å². The normalized spacial score (nSPS) is 12.1. The highest BCUT2D eigenvalue weighted by Gasteiger charge is 2.10. The zero-order chi connectivity index (χ0) is 12.3. The Balaban J connectivity index is 2.19. The predicted octanol–water partition coefficient (Wildman–Crippen LogP) is 2.89. The van der Waals surface area contributed by atoms with Crippen molar-refractivity contribution < 1.29 is 0 Å². The summed E-state index contributed by atoms with van der Waals surface area (Å²) in [5.41, 5.74) is 7.32. The van der Waals surface area contributed by atoms with Gasteiger partial charge in [-0.25, -0.2) is 9.97 Å². The molecule has 0 bridgehead atoms. The molecule has 3 N–H and O–H groups in total. The van der Waals surface area contributed by atoms with Gasteiger partial charge in [0.2, 0.25) is 0 Å². The van der Waals surface area contributed by atoms with Crippen LogP contribution in [0, 0.1) is 0 Å². The topological polar surface area (TPSA) is 63.8 Å². The molecule has 2 rings (SSSR count). The van der Waals surface area contributed by atoms with Gasteiger partial charge in [0, 0.05) is 0 Å². The van der Waals surface area contributed by atoms with Crippen LogP contribution in [0.15, 0.2) is 36.7 Å². The van der Waals surface area contributed by atoms with Gasteiger partial charge in [0.05, 0.1) is 6.04 Å². The Morgan fingerprint density at radius 3 is 2.65 bits per heavy atom. The second kappa shape index (κ2) is 5.01. The van der Waals surface area contributed by atoms with E-state index in [4.69, 9.17) is 17.3 Å². The first-order valence-corrected chi connectivity index (χ1v) is 5.63. The Morgan fingerprint density at radius 1 is 1.24 bits per heavy atom. The molecular weight excluding hydrogens is 236 g/mol. The van der Waals surface area contributed by atoms with Crippen LogP contribution in [-0.2, 0) is 0 Å². The monoisotopic (exact) mass is 248 g/mol. The van der Waals surface area contributed by atoms with Gasteiger partial charge in [-0.15, -0.1) is 0 Å². The third kappa shape index (κ3) is 2.65. The molecule has 1 aromatic heterocycles. The fraction of sp³-hybridized carbons (Fsp3) is 0.167. The zero-order valence-electron chi connectivity index (χ0n) is 9.39. The molecule has 0 spiro atoms. The fourth-order valence-corrected chi connectivity index (χ4v) is 1.65. The molecule has 0 radical (unpaired) electrons. The lowest BCUT2D eigenvalue weighted by Gasteiger charge is -2.16. The first-order valence-electron chi connectivity index (χ1n) is 5.26. The highest BCUT2D eigenvalue weighted by molar-refractivity contribution is 6.32. The number of benzene rings is 1. The molecule has 0 aliphatic heterocycles. The molecule has 5 heteroatoms. The number of rotatable bonds is 3. The van der Waals surface area contributed by atoms with Crippen molar-refractivity contribution in [1.29, 1.82) is 0 Å². The van der Waals surface area contributed by atoms with Crippen LogP contribution in [0.1, 0.15) is 18.5 Å². The third-order valence-corrected chi connectivity index (χ3v) is 2.79. The molecule has 4 nitrogen and oxygen atoms in total. The average Bonchev–Trinajstić information content (AvgIpc) is 2.36. The van der Waals surface area contributed by atoms with E-state index in [9.17, 15) is 0 Å². The van der Waals surface area contributed by atoms with Crippen LogP contribution in [0.4, 0.5) is 11.5 Å². The number of hydrogen-bond donors (Lipinski definition) is 2. The maximum absolute atomic E-state index is 5.83. The van der Waals surface area contributed by atoms with Crippen LogP contribution in [0.25, 0.3) is 0 Å². The number of nitrogens with one attached hydrogen (secondary N) is 1. The summed E-state index contributed by atoms with van der Waals surface area (Å²) in [6, 6.07) is 10.1. The number of nitrogens with two attached hydrogens (primary N) is 1. The molecule has 2 aromatic rings. The van der Waals surface area contributed by atoms with Crippen LogP contribution in [0.3, 0.4) is 0 Å². The van der Waals surface area contributed by atoms with Gasteiger partial charge in [-0.1, -0.05) is 41.9 Å². The molecule has 0 unspecified atom stereocenters. The summed E-state index contributed by atoms with van der Waals surface area (Å²) in [4.78, 5) is 7.88. The van der Waals surface area contributed by atoms with Crippen LogP contribution >= 0.6 is 11.6 Å². The van der Waals surface area contributed by atoms with Gasteiger partial charge in [-0.2, -0.15) is 0 Å². The van der Waals surface area contributed by atoms with E-state index in [0.29, 0.717) is 11.5 Å². The second-order valence-corrected chi connectivity index (χ2v) is 4.06. The lowest BCUT2D eigenvalue weighted by molar-refractivity contribution is 0.873. The van der Waals surface area contributed by atoms with E-state index in [1.54, 1.807) is 0 Å². The van der Waals surface area contributed by atoms with Crippen molar-refractivity contribution >= 4 is 23.1 Å². The van der Waals surface area contributed by atoms with Crippen LogP contribution in [-0.4, -0.2) is 9.97 Å². The zero-order valence-corrected chi connectivity index (χ0v) is 10.1. The quantitative estimate of drug-likeness (QED) is 0.820. The number of nitrogen functional groups attached to an aromatic ring is 1. The highest BCUT2D eigenvalue weighted by atomic mass is 35.5. The van der Waals surface area contributed by atoms with Gasteiger partial charge in [0.15, 0.2) is 11.0 Å². The summed E-state index contributed by atoms with van der Waals surface area (Å²) < 4.78 is 0. The number of nitrogens with zero attached hydrogens (tertiary/aromatic N) is 2. The molecule has 1 heterocycles. The van der Waals surface area contributed by atoms with Crippen molar-refractivity contribution in [1.82, 2.24) is 9.97 Å². The molecule has 17 heavy (non-hydrogen) atoms. The van der Waals surface area contributed by atoms with Gasteiger partial charge in [-0.05, 0) is 12.5 Å². The van der Waals surface area contributed by atoms with E-state index in [0.717, 1.165) is 5.56 Å². The van der Waals surface area contributed by atoms with Crippen molar-refractivity contribution in [2.45, 2.75) is 13.0 Å². The predicted molar refractivity (Wildman–Crippen MR) is 69.9 cm³/mol. The molecule has 0 aliphatic carbocycles. The van der Waals surface area contributed by atoms with Gasteiger partial charge in [-0.3, -0.25) is 0 Å². The van der Waals surface area contributed by atoms with E-state index in [1.165, 1.54) is 6.33 Å². The average molecular weight is 249 g/mol. The second-order valence-electron chi connectivity index (χ2n) is 3.70. The van der Waals surface area contributed by atoms with Gasteiger partial charge < -0.3 is 11.1 Å². The van der Waals surface area contributed by atoms with Crippen molar-refractivity contribution in [2.24, 2.45) is 0 Å². The molecule has 0 amide bonds. The summed E-state index contributed by atoms with van der Waals surface area (Å²) in [5, 5.41) is 3.47. The molecule has 1 aromatic carbocycles. The molecule has 0 aliphatic rings. The Hall–Kier alpha value is -1.81. The van der Waals surface area contributed by atoms with Crippen molar-refractivity contribution in [3.63, 3.8) is 0 Å². The maximum Gasteiger partial charge on any atom is 0.157 e. The minimum absolute atomic E-state index is 0.101. The summed E-state index contributed by atoms with van der Waals surface area (Å²) in [7, 11) is 0. The number of anilines is 2. The van der Waals surface area contributed by atoms with E-state index in [2.05, 4.69) is 15.3 Å². The summed E-state index contributed by atoms with van der Waals surface area (Å²) in [5.74, 6) is 0.557. The lowest BCUT2D eigenvalue weighted by Crippen LogP contribution is -2.10. The van der Waals surface area contributed by atoms with E-state index in [-0.39, 0.29) is 11.2 Å². The van der Waals surface area contributed by atoms with E-state index >= 15 is 0 Å². The van der Waals surface area contributed by atoms with Gasteiger partial charge >= 0.3 is 0 Å². The van der Waals surface area contributed by atoms with Crippen LogP contribution in [0.2, 0.25) is 5.15 Å². The maximum atomic E-state index is 5.83. The van der Waals surface area contributed by atoms with Crippen LogP contribution in [0.5, 0.6) is 0 Å². The minimum atomic E-state index is 0.101. The van der Waals surface area contributed by atoms with Crippen molar-refractivity contribution in [3.8, 4) is 0 Å². The summed E-state index contributed by atoms with van der Waals surface area (Å²) >= 11 is 5.83. The standard InChI is InChI=1S/C12H13ClN4/c1-8(9-5-3-2-4-6-9)17-12-10(14)11(13)15-7-16-12/h2-8H,14H2,1H3,(H,15,16,17)/t8-/m0/s1. The van der Waals surface area contributed by atoms with Gasteiger partial charge in [0.1, 0.15) is 12.0 Å². The Bertz CT molecular complexity index is 501. The first-order chi connectivity index (χ1) is 8.18. The molecule has 1 atom stereocenters. The molecular formula is C12H13ClN4. The number of halogens is 1. The Kier molecular flexibility index (Phi) is 3.44. The van der Waals surface area contributed by atoms with Crippen molar-refractivity contribution in [2.75, 3.05) is 11.1 Å². The molecule has 0 saturated heterocycles. The van der Waals surface area contributed by atoms with E-state index in [1.807, 2.05) is 37.3 Å².